The second-order valence-electron chi connectivity index (χ2n) is 7.67. The zero-order valence-corrected chi connectivity index (χ0v) is 17.9. The number of fused-ring (bicyclic) bond motifs is 3. The molecule has 5 rings (SSSR count). The topological polar surface area (TPSA) is 40.6 Å². The van der Waals surface area contributed by atoms with Crippen molar-refractivity contribution in [3.8, 4) is 10.4 Å². The lowest BCUT2D eigenvalue weighted by Crippen LogP contribution is -2.55. The van der Waals surface area contributed by atoms with Gasteiger partial charge < -0.3 is 9.80 Å². The zero-order valence-electron chi connectivity index (χ0n) is 16.3. The minimum atomic E-state index is -0.935. The van der Waals surface area contributed by atoms with E-state index in [1.54, 1.807) is 17.0 Å². The number of carbonyl (C=O) groups excluding carboxylic acids is 2. The van der Waals surface area contributed by atoms with Gasteiger partial charge in [0.05, 0.1) is 10.9 Å². The molecule has 4 nitrogen and oxygen atoms in total. The first-order chi connectivity index (χ1) is 14.9. The molecule has 2 aromatic carbocycles. The third-order valence-corrected chi connectivity index (χ3v) is 7.17. The second-order valence-corrected chi connectivity index (χ2v) is 9.19. The lowest BCUT2D eigenvalue weighted by Gasteiger charge is -2.44. The molecule has 0 unspecified atom stereocenters. The Hall–Kier alpha value is -2.77. The zero-order chi connectivity index (χ0) is 21.7. The molecule has 3 aromatic rings. The summed E-state index contributed by atoms with van der Waals surface area (Å²) in [5, 5.41) is 0.603. The van der Waals surface area contributed by atoms with Crippen molar-refractivity contribution in [3.05, 3.63) is 81.2 Å². The van der Waals surface area contributed by atoms with E-state index in [0.29, 0.717) is 33.4 Å². The van der Waals surface area contributed by atoms with Crippen molar-refractivity contribution in [2.75, 3.05) is 19.6 Å². The minimum Gasteiger partial charge on any atom is -0.332 e. The second kappa shape index (κ2) is 7.73. The van der Waals surface area contributed by atoms with Crippen LogP contribution in [0.25, 0.3) is 10.4 Å². The molecule has 3 heterocycles. The van der Waals surface area contributed by atoms with E-state index in [9.17, 15) is 18.4 Å². The van der Waals surface area contributed by atoms with Crippen molar-refractivity contribution in [1.82, 2.24) is 9.80 Å². The van der Waals surface area contributed by atoms with E-state index in [2.05, 4.69) is 0 Å². The molecule has 8 heteroatoms. The van der Waals surface area contributed by atoms with Crippen molar-refractivity contribution in [1.29, 1.82) is 0 Å². The number of carbonyl (C=O) groups is 2. The van der Waals surface area contributed by atoms with E-state index in [1.165, 1.54) is 17.4 Å². The fourth-order valence-corrected chi connectivity index (χ4v) is 5.41. The van der Waals surface area contributed by atoms with E-state index in [4.69, 9.17) is 11.6 Å². The fraction of sp³-hybridized carbons (Fsp3) is 0.217. The molecule has 0 N–H and O–H groups in total. The molecule has 0 radical (unpaired) electrons. The molecule has 2 amide bonds. The highest BCUT2D eigenvalue weighted by Gasteiger charge is 2.39. The Bertz CT molecular complexity index is 1210. The fourth-order valence-electron chi connectivity index (χ4n) is 4.26. The maximum atomic E-state index is 13.6. The molecule has 1 aromatic heterocycles. The minimum absolute atomic E-state index is 0.0175. The number of rotatable bonds is 2. The highest BCUT2D eigenvalue weighted by Crippen LogP contribution is 2.36. The standard InChI is InChI=1S/C23H17ClF2N2O2S/c24-15-3-1-13-7-8-28-19(16(13)10-15)11-27(12-22(28)29)23(30)21-6-5-20(31-21)14-2-4-17(25)18(26)9-14/h1-6,9-10,19H,7-8,11-12H2/t19-/m0/s1. The molecule has 1 fully saturated rings. The molecule has 0 aliphatic carbocycles. The first-order valence-electron chi connectivity index (χ1n) is 9.83. The molecule has 0 saturated carbocycles. The van der Waals surface area contributed by atoms with Gasteiger partial charge in [0.1, 0.15) is 6.54 Å². The van der Waals surface area contributed by atoms with Gasteiger partial charge in [0, 0.05) is 23.0 Å². The van der Waals surface area contributed by atoms with E-state index in [0.717, 1.165) is 29.7 Å². The maximum Gasteiger partial charge on any atom is 0.264 e. The van der Waals surface area contributed by atoms with Crippen LogP contribution >= 0.6 is 22.9 Å². The first kappa shape index (κ1) is 20.2. The van der Waals surface area contributed by atoms with Gasteiger partial charge >= 0.3 is 0 Å². The van der Waals surface area contributed by atoms with Crippen LogP contribution in [0.3, 0.4) is 0 Å². The highest BCUT2D eigenvalue weighted by molar-refractivity contribution is 7.17. The lowest BCUT2D eigenvalue weighted by atomic mass is 9.90. The Balaban J connectivity index is 1.41. The Kier molecular flexibility index (Phi) is 5.02. The van der Waals surface area contributed by atoms with Gasteiger partial charge in [-0.2, -0.15) is 0 Å². The van der Waals surface area contributed by atoms with Gasteiger partial charge in [-0.1, -0.05) is 23.7 Å². The lowest BCUT2D eigenvalue weighted by molar-refractivity contribution is -0.139. The average Bonchev–Trinajstić information content (AvgIpc) is 3.25. The Morgan fingerprint density at radius 1 is 1.06 bits per heavy atom. The number of halogens is 3. The van der Waals surface area contributed by atoms with Gasteiger partial charge in [0.2, 0.25) is 5.91 Å². The number of nitrogens with zero attached hydrogens (tertiary/aromatic N) is 2. The summed E-state index contributed by atoms with van der Waals surface area (Å²) in [6.45, 7) is 1.03. The van der Waals surface area contributed by atoms with E-state index in [-0.39, 0.29) is 24.4 Å². The number of hydrogen-bond acceptors (Lipinski definition) is 3. The molecule has 31 heavy (non-hydrogen) atoms. The van der Waals surface area contributed by atoms with Crippen molar-refractivity contribution >= 4 is 34.8 Å². The van der Waals surface area contributed by atoms with Crippen molar-refractivity contribution in [2.24, 2.45) is 0 Å². The highest BCUT2D eigenvalue weighted by atomic mass is 35.5. The Morgan fingerprint density at radius 2 is 1.90 bits per heavy atom. The van der Waals surface area contributed by atoms with Gasteiger partial charge in [-0.15, -0.1) is 11.3 Å². The number of piperazine rings is 1. The summed E-state index contributed by atoms with van der Waals surface area (Å²) in [5.41, 5.74) is 2.63. The van der Waals surface area contributed by atoms with Gasteiger partial charge in [0.15, 0.2) is 11.6 Å². The van der Waals surface area contributed by atoms with Crippen LogP contribution in [0.15, 0.2) is 48.5 Å². The van der Waals surface area contributed by atoms with Crippen LogP contribution < -0.4 is 0 Å². The molecule has 1 atom stereocenters. The molecular formula is C23H17ClF2N2O2S. The summed E-state index contributed by atoms with van der Waals surface area (Å²) in [4.78, 5) is 30.4. The van der Waals surface area contributed by atoms with Crippen molar-refractivity contribution < 1.29 is 18.4 Å². The quantitative estimate of drug-likeness (QED) is 0.546. The van der Waals surface area contributed by atoms with Gasteiger partial charge in [-0.25, -0.2) is 8.78 Å². The molecule has 1 saturated heterocycles. The largest absolute Gasteiger partial charge is 0.332 e. The molecule has 2 aliphatic heterocycles. The van der Waals surface area contributed by atoms with Crippen molar-refractivity contribution in [2.45, 2.75) is 12.5 Å². The van der Waals surface area contributed by atoms with E-state index >= 15 is 0 Å². The van der Waals surface area contributed by atoms with Gasteiger partial charge in [-0.3, -0.25) is 9.59 Å². The number of amides is 2. The number of benzene rings is 2. The van der Waals surface area contributed by atoms with Crippen LogP contribution in [0.1, 0.15) is 26.8 Å². The summed E-state index contributed by atoms with van der Waals surface area (Å²) < 4.78 is 26.8. The SMILES string of the molecule is O=C(c1ccc(-c2ccc(F)c(F)c2)s1)N1CC(=O)N2CCc3ccc(Cl)cc3[C@@H]2C1. The van der Waals surface area contributed by atoms with Crippen LogP contribution in [-0.2, 0) is 11.2 Å². The molecule has 2 aliphatic rings. The smallest absolute Gasteiger partial charge is 0.264 e. The molecule has 0 spiro atoms. The Labute approximate surface area is 186 Å². The third-order valence-electron chi connectivity index (χ3n) is 5.81. The summed E-state index contributed by atoms with van der Waals surface area (Å²) in [6.07, 6.45) is 0.769. The predicted octanol–water partition coefficient (Wildman–Crippen LogP) is 4.93. The monoisotopic (exact) mass is 458 g/mol. The molecular weight excluding hydrogens is 442 g/mol. The summed E-state index contributed by atoms with van der Waals surface area (Å²) in [7, 11) is 0. The number of thiophene rings is 1. The number of hydrogen-bond donors (Lipinski definition) is 0. The van der Waals surface area contributed by atoms with Crippen LogP contribution in [0, 0.1) is 11.6 Å². The van der Waals surface area contributed by atoms with Gasteiger partial charge in [0.25, 0.3) is 5.91 Å². The third kappa shape index (κ3) is 3.62. The van der Waals surface area contributed by atoms with Gasteiger partial charge in [-0.05, 0) is 59.5 Å². The molecule has 0 bridgehead atoms. The predicted molar refractivity (Wildman–Crippen MR) is 115 cm³/mol. The molecule has 158 valence electrons. The van der Waals surface area contributed by atoms with Crippen LogP contribution in [0.5, 0.6) is 0 Å². The van der Waals surface area contributed by atoms with Crippen LogP contribution in [-0.4, -0.2) is 41.2 Å². The first-order valence-corrected chi connectivity index (χ1v) is 11.0. The maximum absolute atomic E-state index is 13.6. The average molecular weight is 459 g/mol. The summed E-state index contributed by atoms with van der Waals surface area (Å²) >= 11 is 7.38. The van der Waals surface area contributed by atoms with E-state index < -0.39 is 11.6 Å². The Morgan fingerprint density at radius 3 is 2.71 bits per heavy atom. The normalized spacial score (nSPS) is 18.0. The van der Waals surface area contributed by atoms with Crippen LogP contribution in [0.2, 0.25) is 5.02 Å². The summed E-state index contributed by atoms with van der Waals surface area (Å²) in [5.74, 6) is -2.19. The summed E-state index contributed by atoms with van der Waals surface area (Å²) in [6, 6.07) is 12.5. The van der Waals surface area contributed by atoms with E-state index in [1.807, 2.05) is 23.1 Å². The van der Waals surface area contributed by atoms with Crippen LogP contribution in [0.4, 0.5) is 8.78 Å². The van der Waals surface area contributed by atoms with Crippen molar-refractivity contribution in [3.63, 3.8) is 0 Å².